The van der Waals surface area contributed by atoms with Gasteiger partial charge >= 0.3 is 0 Å². The van der Waals surface area contributed by atoms with Crippen molar-refractivity contribution in [3.63, 3.8) is 0 Å². The highest BCUT2D eigenvalue weighted by atomic mass is 15.3. The molecule has 0 radical (unpaired) electrons. The Morgan fingerprint density at radius 1 is 1.20 bits per heavy atom. The summed E-state index contributed by atoms with van der Waals surface area (Å²) in [6.45, 7) is 7.93. The van der Waals surface area contributed by atoms with Crippen molar-refractivity contribution in [1.82, 2.24) is 14.8 Å². The Morgan fingerprint density at radius 3 is 2.75 bits per heavy atom. The van der Waals surface area contributed by atoms with Crippen LogP contribution in [0, 0.1) is 6.92 Å². The van der Waals surface area contributed by atoms with Crippen molar-refractivity contribution in [2.45, 2.75) is 44.8 Å². The highest BCUT2D eigenvalue weighted by Crippen LogP contribution is 2.21. The SMILES string of the molecule is Cc1cncc(CN2CCC(N3CCC(N)CC3)C2)c1. The molecule has 1 aromatic heterocycles. The average Bonchev–Trinajstić information content (AvgIpc) is 2.88. The highest BCUT2D eigenvalue weighted by Gasteiger charge is 2.29. The Balaban J connectivity index is 1.52. The highest BCUT2D eigenvalue weighted by molar-refractivity contribution is 5.16. The van der Waals surface area contributed by atoms with Crippen LogP contribution in [0.3, 0.4) is 0 Å². The van der Waals surface area contributed by atoms with Crippen LogP contribution in [0.2, 0.25) is 0 Å². The van der Waals surface area contributed by atoms with E-state index in [0.29, 0.717) is 6.04 Å². The summed E-state index contributed by atoms with van der Waals surface area (Å²) in [5.74, 6) is 0. The molecule has 0 aromatic carbocycles. The molecule has 2 saturated heterocycles. The number of hydrogen-bond donors (Lipinski definition) is 1. The molecule has 0 saturated carbocycles. The van der Waals surface area contributed by atoms with E-state index in [1.54, 1.807) is 0 Å². The first-order chi connectivity index (χ1) is 9.70. The topological polar surface area (TPSA) is 45.4 Å². The molecule has 2 N–H and O–H groups in total. The number of aryl methyl sites for hydroxylation is 1. The maximum absolute atomic E-state index is 6.00. The minimum atomic E-state index is 0.433. The first-order valence-corrected chi connectivity index (χ1v) is 7.83. The van der Waals surface area contributed by atoms with Gasteiger partial charge in [0.05, 0.1) is 0 Å². The maximum atomic E-state index is 6.00. The van der Waals surface area contributed by atoms with Crippen LogP contribution in [-0.2, 0) is 6.54 Å². The molecular formula is C16H26N4. The summed E-state index contributed by atoms with van der Waals surface area (Å²) in [7, 11) is 0. The summed E-state index contributed by atoms with van der Waals surface area (Å²) >= 11 is 0. The normalized spacial score (nSPS) is 26.2. The van der Waals surface area contributed by atoms with E-state index in [2.05, 4.69) is 27.8 Å². The van der Waals surface area contributed by atoms with E-state index >= 15 is 0 Å². The second-order valence-electron chi connectivity index (χ2n) is 6.42. The number of hydrogen-bond acceptors (Lipinski definition) is 4. The number of nitrogens with zero attached hydrogens (tertiary/aromatic N) is 3. The molecule has 2 aliphatic heterocycles. The number of rotatable bonds is 3. The van der Waals surface area contributed by atoms with Crippen molar-refractivity contribution in [2.24, 2.45) is 5.73 Å². The van der Waals surface area contributed by atoms with E-state index in [1.807, 2.05) is 12.4 Å². The summed E-state index contributed by atoms with van der Waals surface area (Å²) < 4.78 is 0. The van der Waals surface area contributed by atoms with Gasteiger partial charge in [-0.15, -0.1) is 0 Å². The molecule has 20 heavy (non-hydrogen) atoms. The zero-order valence-corrected chi connectivity index (χ0v) is 12.5. The fourth-order valence-corrected chi connectivity index (χ4v) is 3.50. The minimum Gasteiger partial charge on any atom is -0.328 e. The van der Waals surface area contributed by atoms with Crippen molar-refractivity contribution in [3.8, 4) is 0 Å². The molecular weight excluding hydrogens is 248 g/mol. The monoisotopic (exact) mass is 274 g/mol. The zero-order chi connectivity index (χ0) is 13.9. The first kappa shape index (κ1) is 14.0. The summed E-state index contributed by atoms with van der Waals surface area (Å²) in [6.07, 6.45) is 7.55. The molecule has 1 atom stereocenters. The molecule has 3 rings (SSSR count). The molecule has 0 aliphatic carbocycles. The van der Waals surface area contributed by atoms with Crippen molar-refractivity contribution in [1.29, 1.82) is 0 Å². The van der Waals surface area contributed by atoms with Gasteiger partial charge < -0.3 is 5.73 Å². The number of pyridine rings is 1. The maximum Gasteiger partial charge on any atom is 0.0313 e. The van der Waals surface area contributed by atoms with Crippen LogP contribution in [-0.4, -0.2) is 53.0 Å². The molecule has 0 spiro atoms. The quantitative estimate of drug-likeness (QED) is 0.905. The van der Waals surface area contributed by atoms with Crippen LogP contribution in [0.25, 0.3) is 0 Å². The number of aromatic nitrogens is 1. The third-order valence-corrected chi connectivity index (χ3v) is 4.68. The second-order valence-corrected chi connectivity index (χ2v) is 6.42. The van der Waals surface area contributed by atoms with Crippen LogP contribution in [0.4, 0.5) is 0 Å². The predicted molar refractivity (Wildman–Crippen MR) is 81.4 cm³/mol. The molecule has 110 valence electrons. The Bertz CT molecular complexity index is 440. The third-order valence-electron chi connectivity index (χ3n) is 4.68. The lowest BCUT2D eigenvalue weighted by Gasteiger charge is -2.34. The minimum absolute atomic E-state index is 0.433. The van der Waals surface area contributed by atoms with E-state index in [-0.39, 0.29) is 0 Å². The van der Waals surface area contributed by atoms with Gasteiger partial charge in [0, 0.05) is 44.1 Å². The second kappa shape index (κ2) is 6.20. The number of likely N-dealkylation sites (tertiary alicyclic amines) is 2. The number of nitrogens with two attached hydrogens (primary N) is 1. The third kappa shape index (κ3) is 3.37. The van der Waals surface area contributed by atoms with Gasteiger partial charge in [0.2, 0.25) is 0 Å². The Kier molecular flexibility index (Phi) is 4.34. The molecule has 1 aromatic rings. The Morgan fingerprint density at radius 2 is 2.00 bits per heavy atom. The lowest BCUT2D eigenvalue weighted by molar-refractivity contribution is 0.151. The summed E-state index contributed by atoms with van der Waals surface area (Å²) in [4.78, 5) is 9.51. The average molecular weight is 274 g/mol. The fraction of sp³-hybridized carbons (Fsp3) is 0.688. The van der Waals surface area contributed by atoms with Crippen molar-refractivity contribution in [2.75, 3.05) is 26.2 Å². The smallest absolute Gasteiger partial charge is 0.0313 e. The fourth-order valence-electron chi connectivity index (χ4n) is 3.50. The molecule has 3 heterocycles. The van der Waals surface area contributed by atoms with Crippen LogP contribution in [0.5, 0.6) is 0 Å². The van der Waals surface area contributed by atoms with Crippen LogP contribution >= 0.6 is 0 Å². The Labute approximate surface area is 122 Å². The van der Waals surface area contributed by atoms with Gasteiger partial charge in [0.15, 0.2) is 0 Å². The van der Waals surface area contributed by atoms with Crippen LogP contribution in [0.15, 0.2) is 18.5 Å². The van der Waals surface area contributed by atoms with Crippen molar-refractivity contribution < 1.29 is 0 Å². The summed E-state index contributed by atoms with van der Waals surface area (Å²) in [5.41, 5.74) is 8.59. The van der Waals surface area contributed by atoms with Gasteiger partial charge in [-0.1, -0.05) is 6.07 Å². The largest absolute Gasteiger partial charge is 0.328 e. The number of piperidine rings is 1. The molecule has 2 fully saturated rings. The zero-order valence-electron chi connectivity index (χ0n) is 12.5. The van der Waals surface area contributed by atoms with Gasteiger partial charge in [-0.25, -0.2) is 0 Å². The van der Waals surface area contributed by atoms with E-state index in [1.165, 1.54) is 43.7 Å². The lowest BCUT2D eigenvalue weighted by Crippen LogP contribution is -2.46. The van der Waals surface area contributed by atoms with E-state index in [0.717, 1.165) is 25.4 Å². The Hall–Kier alpha value is -0.970. The van der Waals surface area contributed by atoms with Crippen LogP contribution < -0.4 is 5.73 Å². The van der Waals surface area contributed by atoms with Crippen molar-refractivity contribution in [3.05, 3.63) is 29.6 Å². The van der Waals surface area contributed by atoms with Gasteiger partial charge in [-0.05, 0) is 50.4 Å². The van der Waals surface area contributed by atoms with Gasteiger partial charge in [0.25, 0.3) is 0 Å². The molecule has 2 aliphatic rings. The molecule has 4 nitrogen and oxygen atoms in total. The van der Waals surface area contributed by atoms with Crippen molar-refractivity contribution >= 4 is 0 Å². The molecule has 0 amide bonds. The lowest BCUT2D eigenvalue weighted by atomic mass is 10.0. The summed E-state index contributed by atoms with van der Waals surface area (Å²) in [6, 6.07) is 3.42. The molecule has 1 unspecified atom stereocenters. The molecule has 4 heteroatoms. The van der Waals surface area contributed by atoms with Crippen LogP contribution in [0.1, 0.15) is 30.4 Å². The van der Waals surface area contributed by atoms with Gasteiger partial charge in [-0.3, -0.25) is 14.8 Å². The standard InChI is InChI=1S/C16H26N4/c1-13-8-14(10-18-9-13)11-19-5-4-16(12-19)20-6-2-15(17)3-7-20/h8-10,15-16H,2-7,11-12,17H2,1H3. The molecule has 0 bridgehead atoms. The van der Waals surface area contributed by atoms with Gasteiger partial charge in [0.1, 0.15) is 0 Å². The first-order valence-electron chi connectivity index (χ1n) is 7.83. The van der Waals surface area contributed by atoms with Gasteiger partial charge in [-0.2, -0.15) is 0 Å². The van der Waals surface area contributed by atoms with E-state index < -0.39 is 0 Å². The van der Waals surface area contributed by atoms with E-state index in [4.69, 9.17) is 5.73 Å². The summed E-state index contributed by atoms with van der Waals surface area (Å²) in [5, 5.41) is 0. The predicted octanol–water partition coefficient (Wildman–Crippen LogP) is 1.39. The van der Waals surface area contributed by atoms with E-state index in [9.17, 15) is 0 Å².